The van der Waals surface area contributed by atoms with Crippen LogP contribution in [0.4, 0.5) is 0 Å². The molecule has 0 aliphatic heterocycles. The van der Waals surface area contributed by atoms with Gasteiger partial charge in [0.2, 0.25) is 0 Å². The van der Waals surface area contributed by atoms with Crippen LogP contribution in [0.2, 0.25) is 0 Å². The Balaban J connectivity index is 1.92. The van der Waals surface area contributed by atoms with Gasteiger partial charge in [0, 0.05) is 24.7 Å². The summed E-state index contributed by atoms with van der Waals surface area (Å²) in [6.07, 6.45) is 3.00. The summed E-state index contributed by atoms with van der Waals surface area (Å²) in [5.41, 5.74) is 7.50. The number of rotatable bonds is 5. The zero-order chi connectivity index (χ0) is 12.1. The first kappa shape index (κ1) is 11.7. The van der Waals surface area contributed by atoms with Crippen LogP contribution in [0.5, 0.6) is 0 Å². The zero-order valence-electron chi connectivity index (χ0n) is 9.61. The van der Waals surface area contributed by atoms with Crippen molar-refractivity contribution in [1.82, 2.24) is 4.98 Å². The number of fused-ring (bicyclic) bond motifs is 1. The Kier molecular flexibility index (Phi) is 3.77. The van der Waals surface area contributed by atoms with Gasteiger partial charge < -0.3 is 15.5 Å². The summed E-state index contributed by atoms with van der Waals surface area (Å²) in [6.45, 7) is 0.677. The van der Waals surface area contributed by atoms with Gasteiger partial charge in [-0.3, -0.25) is 4.79 Å². The molecular weight excluding hydrogens is 216 g/mol. The topological polar surface area (TPSA) is 68.1 Å². The number of aromatic nitrogens is 1. The molecular formula is C13H16N2O2. The maximum atomic E-state index is 11.3. The standard InChI is InChI=1S/C13H16N2O2/c14-6-8-17-13(16)4-2-10-1-3-12-11(9-10)5-7-15-12/h1,3,5,7,9,15H,2,4,6,8,14H2. The van der Waals surface area contributed by atoms with Gasteiger partial charge in [0.25, 0.3) is 0 Å². The highest BCUT2D eigenvalue weighted by molar-refractivity contribution is 5.80. The molecule has 0 amide bonds. The minimum atomic E-state index is -0.190. The van der Waals surface area contributed by atoms with Crippen molar-refractivity contribution in [1.29, 1.82) is 0 Å². The maximum Gasteiger partial charge on any atom is 0.306 e. The Morgan fingerprint density at radius 3 is 3.06 bits per heavy atom. The Labute approximate surface area is 99.8 Å². The average molecular weight is 232 g/mol. The van der Waals surface area contributed by atoms with E-state index in [1.54, 1.807) is 0 Å². The number of hydrogen-bond donors (Lipinski definition) is 2. The molecule has 17 heavy (non-hydrogen) atoms. The molecule has 0 atom stereocenters. The zero-order valence-corrected chi connectivity index (χ0v) is 9.61. The van der Waals surface area contributed by atoms with Gasteiger partial charge in [-0.15, -0.1) is 0 Å². The minimum Gasteiger partial charge on any atom is -0.464 e. The first-order valence-electron chi connectivity index (χ1n) is 5.71. The molecule has 1 heterocycles. The van der Waals surface area contributed by atoms with Crippen molar-refractivity contribution in [3.63, 3.8) is 0 Å². The molecule has 4 heteroatoms. The summed E-state index contributed by atoms with van der Waals surface area (Å²) in [5, 5.41) is 1.16. The number of carbonyl (C=O) groups is 1. The number of aromatic amines is 1. The average Bonchev–Trinajstić information content (AvgIpc) is 2.81. The molecule has 2 rings (SSSR count). The van der Waals surface area contributed by atoms with Gasteiger partial charge in [-0.25, -0.2) is 0 Å². The SMILES string of the molecule is NCCOC(=O)CCc1ccc2[nH]ccc2c1. The molecule has 0 aliphatic rings. The minimum absolute atomic E-state index is 0.190. The van der Waals surface area contributed by atoms with E-state index in [0.717, 1.165) is 16.5 Å². The van der Waals surface area contributed by atoms with Gasteiger partial charge in [-0.05, 0) is 35.6 Å². The molecule has 0 spiro atoms. The summed E-state index contributed by atoms with van der Waals surface area (Å²) in [6, 6.07) is 8.15. The Hall–Kier alpha value is -1.81. The van der Waals surface area contributed by atoms with Crippen LogP contribution in [0.3, 0.4) is 0 Å². The molecule has 90 valence electrons. The number of carbonyl (C=O) groups excluding carboxylic acids is 1. The molecule has 0 bridgehead atoms. The molecule has 1 aromatic carbocycles. The summed E-state index contributed by atoms with van der Waals surface area (Å²) in [7, 11) is 0. The van der Waals surface area contributed by atoms with Crippen LogP contribution in [0.1, 0.15) is 12.0 Å². The first-order chi connectivity index (χ1) is 8.29. The number of hydrogen-bond acceptors (Lipinski definition) is 3. The third-order valence-electron chi connectivity index (χ3n) is 2.62. The van der Waals surface area contributed by atoms with E-state index in [2.05, 4.69) is 11.1 Å². The lowest BCUT2D eigenvalue weighted by Gasteiger charge is -2.03. The normalized spacial score (nSPS) is 10.6. The van der Waals surface area contributed by atoms with E-state index in [4.69, 9.17) is 10.5 Å². The quantitative estimate of drug-likeness (QED) is 0.769. The van der Waals surface area contributed by atoms with Crippen LogP contribution in [0.25, 0.3) is 10.9 Å². The maximum absolute atomic E-state index is 11.3. The molecule has 3 N–H and O–H groups in total. The predicted molar refractivity (Wildman–Crippen MR) is 66.6 cm³/mol. The lowest BCUT2D eigenvalue weighted by atomic mass is 10.1. The largest absolute Gasteiger partial charge is 0.464 e. The van der Waals surface area contributed by atoms with E-state index in [-0.39, 0.29) is 5.97 Å². The fraction of sp³-hybridized carbons (Fsp3) is 0.308. The van der Waals surface area contributed by atoms with Crippen LogP contribution in [0, 0.1) is 0 Å². The van der Waals surface area contributed by atoms with E-state index in [1.165, 1.54) is 0 Å². The van der Waals surface area contributed by atoms with Crippen molar-refractivity contribution in [2.75, 3.05) is 13.2 Å². The summed E-state index contributed by atoms with van der Waals surface area (Å²) >= 11 is 0. The van der Waals surface area contributed by atoms with Crippen molar-refractivity contribution in [2.24, 2.45) is 5.73 Å². The number of nitrogens with one attached hydrogen (secondary N) is 1. The molecule has 1 aromatic heterocycles. The molecule has 0 aliphatic carbocycles. The van der Waals surface area contributed by atoms with Gasteiger partial charge in [0.1, 0.15) is 6.61 Å². The van der Waals surface area contributed by atoms with Crippen molar-refractivity contribution >= 4 is 16.9 Å². The van der Waals surface area contributed by atoms with Gasteiger partial charge >= 0.3 is 5.97 Å². The highest BCUT2D eigenvalue weighted by Gasteiger charge is 2.04. The predicted octanol–water partition coefficient (Wildman–Crippen LogP) is 1.60. The summed E-state index contributed by atoms with van der Waals surface area (Å²) < 4.78 is 4.92. The molecule has 0 fully saturated rings. The van der Waals surface area contributed by atoms with Gasteiger partial charge in [-0.2, -0.15) is 0 Å². The second-order valence-corrected chi connectivity index (χ2v) is 3.91. The number of ether oxygens (including phenoxy) is 1. The lowest BCUT2D eigenvalue weighted by molar-refractivity contribution is -0.143. The van der Waals surface area contributed by atoms with E-state index < -0.39 is 0 Å². The van der Waals surface area contributed by atoms with Gasteiger partial charge in [0.05, 0.1) is 0 Å². The van der Waals surface area contributed by atoms with Crippen LogP contribution >= 0.6 is 0 Å². The van der Waals surface area contributed by atoms with Crippen LogP contribution in [0.15, 0.2) is 30.5 Å². The molecule has 2 aromatic rings. The van der Waals surface area contributed by atoms with E-state index >= 15 is 0 Å². The van der Waals surface area contributed by atoms with Crippen LogP contribution in [-0.2, 0) is 16.0 Å². The molecule has 0 saturated carbocycles. The van der Waals surface area contributed by atoms with Crippen LogP contribution in [-0.4, -0.2) is 24.1 Å². The number of H-pyrrole nitrogens is 1. The Morgan fingerprint density at radius 2 is 2.24 bits per heavy atom. The fourth-order valence-electron chi connectivity index (χ4n) is 1.75. The highest BCUT2D eigenvalue weighted by atomic mass is 16.5. The van der Waals surface area contributed by atoms with Gasteiger partial charge in [-0.1, -0.05) is 6.07 Å². The first-order valence-corrected chi connectivity index (χ1v) is 5.71. The second-order valence-electron chi connectivity index (χ2n) is 3.91. The number of aryl methyl sites for hydroxylation is 1. The molecule has 0 unspecified atom stereocenters. The third-order valence-corrected chi connectivity index (χ3v) is 2.62. The third kappa shape index (κ3) is 3.07. The second kappa shape index (κ2) is 5.50. The van der Waals surface area contributed by atoms with E-state index in [1.807, 2.05) is 24.4 Å². The van der Waals surface area contributed by atoms with Crippen molar-refractivity contribution in [2.45, 2.75) is 12.8 Å². The fourth-order valence-corrected chi connectivity index (χ4v) is 1.75. The smallest absolute Gasteiger partial charge is 0.306 e. The highest BCUT2D eigenvalue weighted by Crippen LogP contribution is 2.15. The van der Waals surface area contributed by atoms with Crippen molar-refractivity contribution in [3.8, 4) is 0 Å². The van der Waals surface area contributed by atoms with Crippen molar-refractivity contribution < 1.29 is 9.53 Å². The number of nitrogens with two attached hydrogens (primary N) is 1. The molecule has 0 saturated heterocycles. The van der Waals surface area contributed by atoms with E-state index in [0.29, 0.717) is 26.0 Å². The molecule has 4 nitrogen and oxygen atoms in total. The summed E-state index contributed by atoms with van der Waals surface area (Å²) in [5.74, 6) is -0.190. The Bertz CT molecular complexity index is 505. The number of benzene rings is 1. The molecule has 0 radical (unpaired) electrons. The monoisotopic (exact) mass is 232 g/mol. The van der Waals surface area contributed by atoms with Crippen LogP contribution < -0.4 is 5.73 Å². The Morgan fingerprint density at radius 1 is 1.35 bits per heavy atom. The lowest BCUT2D eigenvalue weighted by Crippen LogP contribution is -2.13. The van der Waals surface area contributed by atoms with E-state index in [9.17, 15) is 4.79 Å². The van der Waals surface area contributed by atoms with Crippen molar-refractivity contribution in [3.05, 3.63) is 36.0 Å². The van der Waals surface area contributed by atoms with Gasteiger partial charge in [0.15, 0.2) is 0 Å². The number of esters is 1. The summed E-state index contributed by atoms with van der Waals surface area (Å²) in [4.78, 5) is 14.4.